The molecule has 1 fully saturated rings. The number of benzene rings is 2. The number of hydrogen-bond donors (Lipinski definition) is 0. The van der Waals surface area contributed by atoms with Crippen LogP contribution in [-0.4, -0.2) is 52.8 Å². The molecule has 160 valence electrons. The lowest BCUT2D eigenvalue weighted by molar-refractivity contribution is 0.0323. The molecule has 4 rings (SSSR count). The van der Waals surface area contributed by atoms with Crippen molar-refractivity contribution in [2.24, 2.45) is 0 Å². The molecular formula is C21H23ClN2O5S. The summed E-state index contributed by atoms with van der Waals surface area (Å²) in [4.78, 5) is 2.38. The van der Waals surface area contributed by atoms with Crippen LogP contribution in [0.3, 0.4) is 0 Å². The van der Waals surface area contributed by atoms with Crippen molar-refractivity contribution in [1.82, 2.24) is 4.90 Å². The summed E-state index contributed by atoms with van der Waals surface area (Å²) in [6, 6.07) is 11.6. The van der Waals surface area contributed by atoms with E-state index in [0.717, 1.165) is 42.2 Å². The minimum Gasteiger partial charge on any atom is -0.488 e. The van der Waals surface area contributed by atoms with E-state index in [2.05, 4.69) is 4.90 Å². The number of aryl methyl sites for hydroxylation is 1. The first kappa shape index (κ1) is 21.0. The van der Waals surface area contributed by atoms with E-state index in [-0.39, 0.29) is 10.6 Å². The quantitative estimate of drug-likeness (QED) is 0.510. The second-order valence-corrected chi connectivity index (χ2v) is 9.45. The van der Waals surface area contributed by atoms with Gasteiger partial charge in [-0.15, -0.1) is 0 Å². The van der Waals surface area contributed by atoms with Crippen LogP contribution in [0, 0.1) is 6.92 Å². The summed E-state index contributed by atoms with van der Waals surface area (Å²) >= 11 is 6.32. The molecule has 0 unspecified atom stereocenters. The molecule has 3 aromatic rings. The maximum Gasteiger partial charge on any atom is 0.278 e. The molecule has 0 amide bonds. The molecule has 0 saturated carbocycles. The van der Waals surface area contributed by atoms with Gasteiger partial charge >= 0.3 is 0 Å². The van der Waals surface area contributed by atoms with E-state index in [1.165, 1.54) is 12.3 Å². The number of furan rings is 1. The minimum absolute atomic E-state index is 0.125. The Hall–Kier alpha value is -2.26. The first-order valence-corrected chi connectivity index (χ1v) is 11.4. The Morgan fingerprint density at radius 3 is 2.73 bits per heavy atom. The number of hydrogen-bond acceptors (Lipinski definition) is 6. The van der Waals surface area contributed by atoms with E-state index in [4.69, 9.17) is 25.7 Å². The summed E-state index contributed by atoms with van der Waals surface area (Å²) in [5.74, 6) is 0.450. The maximum absolute atomic E-state index is 13.0. The normalized spacial score (nSPS) is 15.4. The van der Waals surface area contributed by atoms with Gasteiger partial charge in [0.15, 0.2) is 11.3 Å². The predicted molar refractivity (Wildman–Crippen MR) is 116 cm³/mol. The molecule has 0 bridgehead atoms. The summed E-state index contributed by atoms with van der Waals surface area (Å²) in [5.41, 5.74) is 1.67. The van der Waals surface area contributed by atoms with E-state index < -0.39 is 10.0 Å². The van der Waals surface area contributed by atoms with Gasteiger partial charge in [0.05, 0.1) is 30.1 Å². The summed E-state index contributed by atoms with van der Waals surface area (Å²) in [6.07, 6.45) is 1.54. The van der Waals surface area contributed by atoms with Crippen LogP contribution in [-0.2, 0) is 14.8 Å². The molecule has 0 spiro atoms. The Labute approximate surface area is 180 Å². The second kappa shape index (κ2) is 8.85. The van der Waals surface area contributed by atoms with Crippen LogP contribution in [0.4, 0.5) is 5.69 Å². The molecule has 2 aromatic carbocycles. The van der Waals surface area contributed by atoms with E-state index in [1.807, 2.05) is 13.0 Å². The molecule has 1 saturated heterocycles. The van der Waals surface area contributed by atoms with Crippen LogP contribution in [0.15, 0.2) is 58.0 Å². The summed E-state index contributed by atoms with van der Waals surface area (Å²) in [7, 11) is -3.93. The van der Waals surface area contributed by atoms with Crippen molar-refractivity contribution in [3.05, 3.63) is 54.3 Å². The topological polar surface area (TPSA) is 72.2 Å². The second-order valence-electron chi connectivity index (χ2n) is 7.12. The van der Waals surface area contributed by atoms with Crippen molar-refractivity contribution < 1.29 is 22.3 Å². The van der Waals surface area contributed by atoms with Gasteiger partial charge in [0, 0.05) is 42.9 Å². The van der Waals surface area contributed by atoms with Crippen LogP contribution < -0.4 is 8.56 Å². The average Bonchev–Trinajstić information content (AvgIpc) is 3.23. The van der Waals surface area contributed by atoms with E-state index >= 15 is 0 Å². The van der Waals surface area contributed by atoms with E-state index in [9.17, 15) is 8.42 Å². The number of morpholine rings is 1. The fourth-order valence-electron chi connectivity index (χ4n) is 3.36. The predicted octanol–water partition coefficient (Wildman–Crippen LogP) is 3.80. The molecule has 1 aliphatic heterocycles. The molecule has 0 radical (unpaired) electrons. The summed E-state index contributed by atoms with van der Waals surface area (Å²) in [6.45, 7) is 6.17. The lowest BCUT2D eigenvalue weighted by Gasteiger charge is -2.26. The minimum atomic E-state index is -3.93. The van der Waals surface area contributed by atoms with Gasteiger partial charge in [-0.3, -0.25) is 4.90 Å². The monoisotopic (exact) mass is 450 g/mol. The zero-order valence-electron chi connectivity index (χ0n) is 16.6. The SMILES string of the molecule is Cc1cccc(S(=O)(=O)N(Cl)c2cc(OCCN3CCOCC3)c3occc3c2)c1. The van der Waals surface area contributed by atoms with Crippen molar-refractivity contribution >= 4 is 38.5 Å². The maximum atomic E-state index is 13.0. The van der Waals surface area contributed by atoms with Gasteiger partial charge in [-0.2, -0.15) is 12.2 Å². The molecule has 0 atom stereocenters. The third kappa shape index (κ3) is 4.41. The fourth-order valence-corrected chi connectivity index (χ4v) is 4.85. The Morgan fingerprint density at radius 1 is 1.17 bits per heavy atom. The molecule has 1 aliphatic rings. The number of nitrogens with zero attached hydrogens (tertiary/aromatic N) is 2. The fraction of sp³-hybridized carbons (Fsp3) is 0.333. The third-order valence-electron chi connectivity index (χ3n) is 4.97. The summed E-state index contributed by atoms with van der Waals surface area (Å²) in [5, 5.41) is 0.707. The molecular weight excluding hydrogens is 428 g/mol. The number of ether oxygens (including phenoxy) is 2. The van der Waals surface area contributed by atoms with Crippen LogP contribution >= 0.6 is 11.8 Å². The van der Waals surface area contributed by atoms with E-state index in [0.29, 0.717) is 23.3 Å². The Kier molecular flexibility index (Phi) is 6.19. The van der Waals surface area contributed by atoms with Gasteiger partial charge in [-0.25, -0.2) is 0 Å². The van der Waals surface area contributed by atoms with E-state index in [1.54, 1.807) is 30.3 Å². The van der Waals surface area contributed by atoms with Gasteiger partial charge in [0.1, 0.15) is 6.61 Å². The zero-order valence-corrected chi connectivity index (χ0v) is 18.2. The van der Waals surface area contributed by atoms with Gasteiger partial charge in [0.2, 0.25) is 0 Å². The zero-order chi connectivity index (χ0) is 21.1. The highest BCUT2D eigenvalue weighted by Crippen LogP contribution is 2.35. The Balaban J connectivity index is 1.58. The van der Waals surface area contributed by atoms with Gasteiger partial charge in [-0.1, -0.05) is 12.1 Å². The van der Waals surface area contributed by atoms with Crippen LogP contribution in [0.25, 0.3) is 11.0 Å². The van der Waals surface area contributed by atoms with Gasteiger partial charge in [-0.05, 0) is 36.8 Å². The van der Waals surface area contributed by atoms with Crippen molar-refractivity contribution in [1.29, 1.82) is 0 Å². The highest BCUT2D eigenvalue weighted by atomic mass is 35.5. The highest BCUT2D eigenvalue weighted by molar-refractivity contribution is 7.94. The van der Waals surface area contributed by atoms with Crippen molar-refractivity contribution in [3.8, 4) is 5.75 Å². The Morgan fingerprint density at radius 2 is 1.97 bits per heavy atom. The van der Waals surface area contributed by atoms with Crippen LogP contribution in [0.2, 0.25) is 0 Å². The number of sulfonamides is 1. The Bertz CT molecular complexity index is 1130. The smallest absolute Gasteiger partial charge is 0.278 e. The molecule has 0 aliphatic carbocycles. The molecule has 0 N–H and O–H groups in total. The number of fused-ring (bicyclic) bond motifs is 1. The first-order valence-electron chi connectivity index (χ1n) is 9.67. The largest absolute Gasteiger partial charge is 0.488 e. The number of rotatable bonds is 7. The third-order valence-corrected chi connectivity index (χ3v) is 7.19. The van der Waals surface area contributed by atoms with Crippen molar-refractivity contribution in [3.63, 3.8) is 0 Å². The highest BCUT2D eigenvalue weighted by Gasteiger charge is 2.25. The van der Waals surface area contributed by atoms with Crippen LogP contribution in [0.1, 0.15) is 5.56 Å². The van der Waals surface area contributed by atoms with Crippen LogP contribution in [0.5, 0.6) is 5.75 Å². The van der Waals surface area contributed by atoms with Crippen molar-refractivity contribution in [2.45, 2.75) is 11.8 Å². The lowest BCUT2D eigenvalue weighted by Crippen LogP contribution is -2.38. The standard InChI is InChI=1S/C21H23ClN2O5S/c1-16-3-2-4-19(13-16)30(25,26)24(22)18-14-17-5-9-29-21(17)20(15-18)28-12-8-23-6-10-27-11-7-23/h2-5,9,13-15H,6-8,10-12H2,1H3. The molecule has 9 heteroatoms. The molecule has 7 nitrogen and oxygen atoms in total. The first-order chi connectivity index (χ1) is 14.4. The summed E-state index contributed by atoms with van der Waals surface area (Å²) < 4.78 is 43.6. The van der Waals surface area contributed by atoms with Gasteiger partial charge in [0.25, 0.3) is 10.0 Å². The lowest BCUT2D eigenvalue weighted by atomic mass is 10.2. The molecule has 2 heterocycles. The average molecular weight is 451 g/mol. The number of anilines is 1. The molecule has 1 aromatic heterocycles. The van der Waals surface area contributed by atoms with Gasteiger partial charge < -0.3 is 13.9 Å². The number of halogens is 1. The van der Waals surface area contributed by atoms with Crippen molar-refractivity contribution in [2.75, 3.05) is 43.3 Å². The molecule has 30 heavy (non-hydrogen) atoms.